The minimum atomic E-state index is -6.01. The molecule has 0 radical (unpaired) electrons. The number of hydrogen-bond acceptors (Lipinski definition) is 1. The van der Waals surface area contributed by atoms with E-state index >= 15 is 0 Å². The van der Waals surface area contributed by atoms with E-state index in [9.17, 15) is 30.7 Å². The molecule has 1 atom stereocenters. The third kappa shape index (κ3) is 2.46. The van der Waals surface area contributed by atoms with E-state index in [2.05, 4.69) is 21.7 Å². The van der Waals surface area contributed by atoms with E-state index in [1.54, 1.807) is 0 Å². The summed E-state index contributed by atoms with van der Waals surface area (Å²) in [5, 5.41) is 0. The zero-order valence-corrected chi connectivity index (χ0v) is 9.92. The summed E-state index contributed by atoms with van der Waals surface area (Å²) in [6, 6.07) is -1.81. The molecule has 0 amide bonds. The molecule has 0 heterocycles. The highest BCUT2D eigenvalue weighted by molar-refractivity contribution is 9.10. The summed E-state index contributed by atoms with van der Waals surface area (Å²) in [6.07, 6.45) is -6.01. The van der Waals surface area contributed by atoms with Crippen LogP contribution >= 0.6 is 15.9 Å². The van der Waals surface area contributed by atoms with Crippen molar-refractivity contribution < 1.29 is 30.7 Å². The Bertz CT molecular complexity index is 457. The van der Waals surface area contributed by atoms with Gasteiger partial charge in [0, 0.05) is 5.56 Å². The van der Waals surface area contributed by atoms with Gasteiger partial charge in [0.1, 0.15) is 17.7 Å². The van der Waals surface area contributed by atoms with Crippen molar-refractivity contribution in [3.05, 3.63) is 33.8 Å². The largest absolute Gasteiger partial charge is 0.455 e. The molecule has 0 aromatic heterocycles. The normalized spacial score (nSPS) is 14.7. The standard InChI is InChI=1S/C9H5BrF7N/c10-3-1-2-4(11)5(6(3)12)7(18)8(13,14)9(15,16)17/h1-2,7H,18H2/t7-/m0/s1. The fourth-order valence-electron chi connectivity index (χ4n) is 1.19. The number of nitrogens with two attached hydrogens (primary N) is 1. The maximum atomic E-state index is 13.4. The lowest BCUT2D eigenvalue weighted by Crippen LogP contribution is -2.46. The van der Waals surface area contributed by atoms with Crippen LogP contribution in [0.5, 0.6) is 0 Å². The van der Waals surface area contributed by atoms with Crippen LogP contribution in [-0.2, 0) is 0 Å². The number of halogens is 8. The van der Waals surface area contributed by atoms with E-state index in [1.807, 2.05) is 0 Å². The first-order valence-electron chi connectivity index (χ1n) is 4.33. The Balaban J connectivity index is 3.36. The monoisotopic (exact) mass is 339 g/mol. The van der Waals surface area contributed by atoms with E-state index in [0.29, 0.717) is 6.07 Å². The van der Waals surface area contributed by atoms with Gasteiger partial charge in [-0.15, -0.1) is 0 Å². The molecule has 0 saturated heterocycles. The first-order valence-corrected chi connectivity index (χ1v) is 5.13. The van der Waals surface area contributed by atoms with Gasteiger partial charge in [-0.05, 0) is 28.1 Å². The van der Waals surface area contributed by atoms with Crippen LogP contribution in [0.15, 0.2) is 16.6 Å². The molecular weight excluding hydrogens is 335 g/mol. The van der Waals surface area contributed by atoms with Gasteiger partial charge in [-0.1, -0.05) is 0 Å². The van der Waals surface area contributed by atoms with E-state index < -0.39 is 39.8 Å². The highest BCUT2D eigenvalue weighted by Gasteiger charge is 2.62. The van der Waals surface area contributed by atoms with E-state index in [-0.39, 0.29) is 0 Å². The zero-order valence-electron chi connectivity index (χ0n) is 8.33. The molecule has 9 heteroatoms. The maximum Gasteiger partial charge on any atom is 0.455 e. The Labute approximate surface area is 105 Å². The second-order valence-electron chi connectivity index (χ2n) is 3.36. The fraction of sp³-hybridized carbons (Fsp3) is 0.333. The van der Waals surface area contributed by atoms with Crippen LogP contribution in [0.3, 0.4) is 0 Å². The first kappa shape index (κ1) is 15.2. The Morgan fingerprint density at radius 3 is 2.00 bits per heavy atom. The number of hydrogen-bond donors (Lipinski definition) is 1. The molecule has 0 aliphatic carbocycles. The van der Waals surface area contributed by atoms with Crippen molar-refractivity contribution in [3.8, 4) is 0 Å². The van der Waals surface area contributed by atoms with E-state index in [0.717, 1.165) is 6.07 Å². The minimum absolute atomic E-state index is 0.465. The van der Waals surface area contributed by atoms with Gasteiger partial charge in [-0.25, -0.2) is 8.78 Å². The van der Waals surface area contributed by atoms with Crippen LogP contribution in [0.1, 0.15) is 11.6 Å². The second kappa shape index (κ2) is 4.69. The predicted molar refractivity (Wildman–Crippen MR) is 52.0 cm³/mol. The van der Waals surface area contributed by atoms with Crippen molar-refractivity contribution in [2.75, 3.05) is 0 Å². The van der Waals surface area contributed by atoms with Gasteiger partial charge in [0.2, 0.25) is 0 Å². The highest BCUT2D eigenvalue weighted by Crippen LogP contribution is 2.44. The lowest BCUT2D eigenvalue weighted by Gasteiger charge is -2.26. The minimum Gasteiger partial charge on any atom is -0.319 e. The molecule has 1 rings (SSSR count). The second-order valence-corrected chi connectivity index (χ2v) is 4.21. The molecule has 0 aliphatic heterocycles. The molecule has 102 valence electrons. The average molecular weight is 340 g/mol. The Kier molecular flexibility index (Phi) is 3.97. The van der Waals surface area contributed by atoms with Gasteiger partial charge in [0.15, 0.2) is 0 Å². The van der Waals surface area contributed by atoms with Gasteiger partial charge in [0.05, 0.1) is 4.47 Å². The Morgan fingerprint density at radius 1 is 1.06 bits per heavy atom. The highest BCUT2D eigenvalue weighted by atomic mass is 79.9. The molecule has 0 unspecified atom stereocenters. The molecule has 2 N–H and O–H groups in total. The van der Waals surface area contributed by atoms with Gasteiger partial charge < -0.3 is 5.73 Å². The van der Waals surface area contributed by atoms with Crippen molar-refractivity contribution in [3.63, 3.8) is 0 Å². The van der Waals surface area contributed by atoms with Crippen LogP contribution in [-0.4, -0.2) is 12.1 Å². The summed E-state index contributed by atoms with van der Waals surface area (Å²) < 4.78 is 88.0. The summed E-state index contributed by atoms with van der Waals surface area (Å²) in [7, 11) is 0. The molecule has 1 nitrogen and oxygen atoms in total. The molecule has 0 spiro atoms. The summed E-state index contributed by atoms with van der Waals surface area (Å²) in [5.41, 5.74) is 3.14. The molecule has 1 aromatic rings. The SMILES string of the molecule is N[C@@H](c1c(F)ccc(Br)c1F)C(F)(F)C(F)(F)F. The summed E-state index contributed by atoms with van der Waals surface area (Å²) >= 11 is 2.54. The lowest BCUT2D eigenvalue weighted by atomic mass is 10.00. The average Bonchev–Trinajstić information content (AvgIpc) is 2.22. The third-order valence-electron chi connectivity index (χ3n) is 2.16. The Hall–Kier alpha value is -0.830. The molecule has 0 saturated carbocycles. The summed E-state index contributed by atoms with van der Waals surface area (Å²) in [4.78, 5) is 0. The Morgan fingerprint density at radius 2 is 1.56 bits per heavy atom. The van der Waals surface area contributed by atoms with Crippen LogP contribution < -0.4 is 5.73 Å². The van der Waals surface area contributed by atoms with Crippen molar-refractivity contribution in [2.45, 2.75) is 18.1 Å². The van der Waals surface area contributed by atoms with Gasteiger partial charge >= 0.3 is 12.1 Å². The van der Waals surface area contributed by atoms with E-state index in [1.165, 1.54) is 0 Å². The van der Waals surface area contributed by atoms with Gasteiger partial charge in [0.25, 0.3) is 0 Å². The number of benzene rings is 1. The maximum absolute atomic E-state index is 13.4. The van der Waals surface area contributed by atoms with Crippen molar-refractivity contribution in [1.29, 1.82) is 0 Å². The molecule has 0 bridgehead atoms. The molecule has 0 aliphatic rings. The van der Waals surface area contributed by atoms with Crippen LogP contribution in [0.2, 0.25) is 0 Å². The van der Waals surface area contributed by atoms with Crippen molar-refractivity contribution in [2.24, 2.45) is 5.73 Å². The summed E-state index contributed by atoms with van der Waals surface area (Å²) in [5.74, 6) is -8.62. The van der Waals surface area contributed by atoms with Gasteiger partial charge in [-0.3, -0.25) is 0 Å². The molecule has 1 aromatic carbocycles. The fourth-order valence-corrected chi connectivity index (χ4v) is 1.53. The zero-order chi connectivity index (χ0) is 14.3. The number of rotatable bonds is 2. The van der Waals surface area contributed by atoms with Crippen LogP contribution in [0, 0.1) is 11.6 Å². The van der Waals surface area contributed by atoms with Crippen molar-refractivity contribution in [1.82, 2.24) is 0 Å². The lowest BCUT2D eigenvalue weighted by molar-refractivity contribution is -0.291. The van der Waals surface area contributed by atoms with E-state index in [4.69, 9.17) is 0 Å². The van der Waals surface area contributed by atoms with Gasteiger partial charge in [-0.2, -0.15) is 22.0 Å². The smallest absolute Gasteiger partial charge is 0.319 e. The number of alkyl halides is 5. The first-order chi connectivity index (χ1) is 8.00. The molecular formula is C9H5BrF7N. The molecule has 18 heavy (non-hydrogen) atoms. The summed E-state index contributed by atoms with van der Waals surface area (Å²) in [6.45, 7) is 0. The predicted octanol–water partition coefficient (Wildman–Crippen LogP) is 3.92. The molecule has 0 fully saturated rings. The topological polar surface area (TPSA) is 26.0 Å². The van der Waals surface area contributed by atoms with Crippen LogP contribution in [0.4, 0.5) is 30.7 Å². The quantitative estimate of drug-likeness (QED) is 0.641. The van der Waals surface area contributed by atoms with Crippen molar-refractivity contribution >= 4 is 15.9 Å². The third-order valence-corrected chi connectivity index (χ3v) is 2.77. The van der Waals surface area contributed by atoms with Crippen LogP contribution in [0.25, 0.3) is 0 Å².